The van der Waals surface area contributed by atoms with E-state index in [4.69, 9.17) is 24.4 Å². The minimum Gasteiger partial charge on any atom is -0.326 e. The van der Waals surface area contributed by atoms with E-state index in [0.29, 0.717) is 24.2 Å². The lowest BCUT2D eigenvalue weighted by Crippen LogP contribution is -2.31. The molecule has 0 bridgehead atoms. The summed E-state index contributed by atoms with van der Waals surface area (Å²) in [4.78, 5) is 53.6. The summed E-state index contributed by atoms with van der Waals surface area (Å²) < 4.78 is 27.1. The van der Waals surface area contributed by atoms with Gasteiger partial charge in [0, 0.05) is 37.3 Å². The standard InChI is InChI=1S/C26H22F2N4O4S4/c27-15-5-1-7-17(13-15)29-19(33)9-3-11-31-23(35)21(39-25(31)37)22-24(36)32(26(38)40-22)12-4-10-20(34)30-18-8-2-6-16(28)14-18/h1-2,5-8,13-14H,3-4,9-12H2,(H,29,33)(H,30,34). The van der Waals surface area contributed by atoms with Gasteiger partial charge in [-0.05, 0) is 49.2 Å². The Morgan fingerprint density at radius 2 is 1.12 bits per heavy atom. The molecule has 2 aliphatic heterocycles. The van der Waals surface area contributed by atoms with Gasteiger partial charge in [0.2, 0.25) is 11.8 Å². The van der Waals surface area contributed by atoms with E-state index in [1.54, 1.807) is 12.1 Å². The van der Waals surface area contributed by atoms with Crippen molar-refractivity contribution in [1.29, 1.82) is 0 Å². The van der Waals surface area contributed by atoms with Crippen molar-refractivity contribution in [3.8, 4) is 0 Å². The molecule has 0 atom stereocenters. The van der Waals surface area contributed by atoms with Gasteiger partial charge in [-0.2, -0.15) is 0 Å². The van der Waals surface area contributed by atoms with E-state index >= 15 is 0 Å². The van der Waals surface area contributed by atoms with Crippen molar-refractivity contribution in [3.05, 3.63) is 70.0 Å². The van der Waals surface area contributed by atoms with Gasteiger partial charge in [0.05, 0.1) is 9.81 Å². The molecule has 0 aliphatic carbocycles. The lowest BCUT2D eigenvalue weighted by molar-refractivity contribution is -0.124. The van der Waals surface area contributed by atoms with Gasteiger partial charge in [0.1, 0.15) is 20.3 Å². The maximum absolute atomic E-state index is 13.3. The highest BCUT2D eigenvalue weighted by Gasteiger charge is 2.41. The number of halogens is 2. The van der Waals surface area contributed by atoms with Crippen molar-refractivity contribution >= 4 is 91.6 Å². The number of anilines is 2. The van der Waals surface area contributed by atoms with Gasteiger partial charge < -0.3 is 10.6 Å². The average molecular weight is 621 g/mol. The van der Waals surface area contributed by atoms with E-state index in [-0.39, 0.29) is 56.2 Å². The van der Waals surface area contributed by atoms with Crippen LogP contribution in [0.15, 0.2) is 58.3 Å². The Kier molecular flexibility index (Phi) is 10.0. The fourth-order valence-corrected chi connectivity index (χ4v) is 6.60. The van der Waals surface area contributed by atoms with Crippen LogP contribution < -0.4 is 10.6 Å². The van der Waals surface area contributed by atoms with Crippen molar-refractivity contribution in [1.82, 2.24) is 9.80 Å². The number of carbonyl (C=O) groups is 4. The molecular formula is C26H22F2N4O4S4. The van der Waals surface area contributed by atoms with Gasteiger partial charge in [-0.15, -0.1) is 0 Å². The maximum Gasteiger partial charge on any atom is 0.267 e. The van der Waals surface area contributed by atoms with Gasteiger partial charge in [-0.25, -0.2) is 8.78 Å². The normalized spacial score (nSPS) is 17.1. The topological polar surface area (TPSA) is 98.8 Å². The Hall–Kier alpha value is -3.20. The van der Waals surface area contributed by atoms with Gasteiger partial charge in [-0.3, -0.25) is 29.0 Å². The van der Waals surface area contributed by atoms with Crippen LogP contribution in [0.1, 0.15) is 25.7 Å². The molecule has 0 spiro atoms. The molecule has 0 saturated carbocycles. The van der Waals surface area contributed by atoms with Gasteiger partial charge in [-0.1, -0.05) is 60.1 Å². The van der Waals surface area contributed by atoms with Crippen LogP contribution in [0.25, 0.3) is 0 Å². The lowest BCUT2D eigenvalue weighted by Gasteiger charge is -2.14. The Bertz CT molecular complexity index is 1330. The van der Waals surface area contributed by atoms with Gasteiger partial charge in [0.25, 0.3) is 11.8 Å². The highest BCUT2D eigenvalue weighted by Crippen LogP contribution is 2.42. The number of amides is 4. The molecule has 0 radical (unpaired) electrons. The number of benzene rings is 2. The molecular weight excluding hydrogens is 599 g/mol. The molecule has 2 fully saturated rings. The highest BCUT2D eigenvalue weighted by molar-refractivity contribution is 8.29. The summed E-state index contributed by atoms with van der Waals surface area (Å²) in [5.41, 5.74) is 0.676. The molecule has 4 amide bonds. The molecule has 8 nitrogen and oxygen atoms in total. The number of rotatable bonds is 10. The van der Waals surface area contributed by atoms with Gasteiger partial charge in [0.15, 0.2) is 0 Å². The number of nitrogens with zero attached hydrogens (tertiary/aromatic N) is 2. The van der Waals surface area contributed by atoms with Crippen LogP contribution in [0, 0.1) is 11.6 Å². The van der Waals surface area contributed by atoms with E-state index in [9.17, 15) is 28.0 Å². The largest absolute Gasteiger partial charge is 0.326 e. The monoisotopic (exact) mass is 620 g/mol. The molecule has 2 aromatic rings. The fourth-order valence-electron chi connectivity index (χ4n) is 3.83. The van der Waals surface area contributed by atoms with Crippen LogP contribution in [-0.2, 0) is 19.2 Å². The molecule has 0 unspecified atom stereocenters. The van der Waals surface area contributed by atoms with Crippen LogP contribution >= 0.6 is 48.0 Å². The van der Waals surface area contributed by atoms with E-state index < -0.39 is 23.4 Å². The third-order valence-corrected chi connectivity index (χ3v) is 8.72. The number of hydrogen-bond donors (Lipinski definition) is 2. The Morgan fingerprint density at radius 3 is 1.50 bits per heavy atom. The summed E-state index contributed by atoms with van der Waals surface area (Å²) in [6.45, 7) is 0.344. The number of hydrogen-bond acceptors (Lipinski definition) is 8. The Morgan fingerprint density at radius 1 is 0.725 bits per heavy atom. The van der Waals surface area contributed by atoms with E-state index in [2.05, 4.69) is 10.6 Å². The Labute approximate surface area is 247 Å². The summed E-state index contributed by atoms with van der Waals surface area (Å²) >= 11 is 12.7. The molecule has 14 heteroatoms. The third-order valence-electron chi connectivity index (χ3n) is 5.69. The molecule has 0 aromatic heterocycles. The van der Waals surface area contributed by atoms with Crippen LogP contribution in [0.5, 0.6) is 0 Å². The molecule has 40 heavy (non-hydrogen) atoms. The predicted octanol–water partition coefficient (Wildman–Crippen LogP) is 5.03. The summed E-state index contributed by atoms with van der Waals surface area (Å²) in [7, 11) is 0. The average Bonchev–Trinajstić information content (AvgIpc) is 3.33. The molecule has 2 N–H and O–H groups in total. The minimum atomic E-state index is -0.466. The SMILES string of the molecule is O=C(CCCN1C(=O)C(=C2SC(=S)N(CCCC(=O)Nc3cccc(F)c3)C2=O)SC1=S)Nc1cccc(F)c1. The summed E-state index contributed by atoms with van der Waals surface area (Å²) in [6.07, 6.45) is 0.772. The molecule has 2 heterocycles. The van der Waals surface area contributed by atoms with Crippen molar-refractivity contribution in [2.45, 2.75) is 25.7 Å². The molecule has 4 rings (SSSR count). The summed E-state index contributed by atoms with van der Waals surface area (Å²) in [5.74, 6) is -2.46. The van der Waals surface area contributed by atoms with E-state index in [1.807, 2.05) is 0 Å². The molecule has 2 aliphatic rings. The van der Waals surface area contributed by atoms with Crippen LogP contribution in [-0.4, -0.2) is 55.2 Å². The highest BCUT2D eigenvalue weighted by atomic mass is 32.2. The van der Waals surface area contributed by atoms with Gasteiger partial charge >= 0.3 is 0 Å². The molecule has 208 valence electrons. The van der Waals surface area contributed by atoms with Crippen molar-refractivity contribution in [3.63, 3.8) is 0 Å². The van der Waals surface area contributed by atoms with Crippen LogP contribution in [0.3, 0.4) is 0 Å². The zero-order chi connectivity index (χ0) is 28.8. The van der Waals surface area contributed by atoms with Crippen LogP contribution in [0.4, 0.5) is 20.2 Å². The summed E-state index contributed by atoms with van der Waals surface area (Å²) in [6, 6.07) is 11.1. The number of carbonyl (C=O) groups excluding carboxylic acids is 4. The fraction of sp³-hybridized carbons (Fsp3) is 0.231. The first kappa shape index (κ1) is 29.8. The van der Waals surface area contributed by atoms with Crippen LogP contribution in [0.2, 0.25) is 0 Å². The summed E-state index contributed by atoms with van der Waals surface area (Å²) in [5, 5.41) is 5.20. The zero-order valence-corrected chi connectivity index (χ0v) is 24.0. The van der Waals surface area contributed by atoms with Crippen molar-refractivity contribution < 1.29 is 28.0 Å². The molecule has 2 saturated heterocycles. The number of thiocarbonyl (C=S) groups is 2. The predicted molar refractivity (Wildman–Crippen MR) is 159 cm³/mol. The first-order valence-electron chi connectivity index (χ1n) is 12.0. The minimum absolute atomic E-state index is 0.0812. The number of nitrogens with one attached hydrogen (secondary N) is 2. The second-order valence-corrected chi connectivity index (χ2v) is 11.9. The lowest BCUT2D eigenvalue weighted by atomic mass is 10.2. The van der Waals surface area contributed by atoms with Crippen molar-refractivity contribution in [2.24, 2.45) is 0 Å². The first-order valence-corrected chi connectivity index (χ1v) is 14.5. The Balaban J connectivity index is 1.28. The third kappa shape index (κ3) is 7.50. The zero-order valence-electron chi connectivity index (χ0n) is 20.8. The smallest absolute Gasteiger partial charge is 0.267 e. The maximum atomic E-state index is 13.3. The second-order valence-electron chi connectivity index (χ2n) is 8.63. The molecule has 2 aromatic carbocycles. The first-order chi connectivity index (χ1) is 19.1. The number of thioether (sulfide) groups is 2. The van der Waals surface area contributed by atoms with E-state index in [0.717, 1.165) is 23.5 Å². The van der Waals surface area contributed by atoms with E-state index in [1.165, 1.54) is 46.2 Å². The van der Waals surface area contributed by atoms with Crippen molar-refractivity contribution in [2.75, 3.05) is 23.7 Å². The second kappa shape index (κ2) is 13.4. The quantitative estimate of drug-likeness (QED) is 0.282.